The second-order valence-electron chi connectivity index (χ2n) is 5.00. The molecule has 0 saturated heterocycles. The number of aromatic hydroxyl groups is 1. The molecule has 1 aromatic carbocycles. The molecule has 0 unspecified atom stereocenters. The van der Waals surface area contributed by atoms with Crippen molar-refractivity contribution in [1.29, 1.82) is 0 Å². The highest BCUT2D eigenvalue weighted by molar-refractivity contribution is 5.69. The number of phenolic OH excluding ortho intramolecular Hbond substituents is 1. The zero-order valence-electron chi connectivity index (χ0n) is 10.7. The van der Waals surface area contributed by atoms with Gasteiger partial charge in [0, 0.05) is 11.5 Å². The molecule has 6 heteroatoms. The van der Waals surface area contributed by atoms with Gasteiger partial charge in [-0.15, -0.1) is 0 Å². The second-order valence-corrected chi connectivity index (χ2v) is 5.00. The molecule has 0 bridgehead atoms. The number of rotatable bonds is 3. The fraction of sp³-hybridized carbons (Fsp3) is 0.214. The Hall–Kier alpha value is -2.63. The molecule has 3 aromatic rings. The minimum atomic E-state index is 0.208. The van der Waals surface area contributed by atoms with Crippen molar-refractivity contribution in [3.05, 3.63) is 36.2 Å². The lowest BCUT2D eigenvalue weighted by Crippen LogP contribution is -1.82. The highest BCUT2D eigenvalue weighted by atomic mass is 16.3. The number of phenols is 1. The molecule has 2 aromatic heterocycles. The molecule has 1 fully saturated rings. The molecule has 1 aliphatic rings. The van der Waals surface area contributed by atoms with E-state index in [0.29, 0.717) is 23.0 Å². The minimum Gasteiger partial charge on any atom is -0.507 e. The number of nitrogens with one attached hydrogen (secondary N) is 2. The molecular weight excluding hydrogens is 254 g/mol. The first-order chi connectivity index (χ1) is 9.81. The van der Waals surface area contributed by atoms with Crippen molar-refractivity contribution in [3.63, 3.8) is 0 Å². The van der Waals surface area contributed by atoms with E-state index in [1.165, 1.54) is 12.8 Å². The molecule has 0 spiro atoms. The molecule has 0 amide bonds. The van der Waals surface area contributed by atoms with Crippen LogP contribution in [0.1, 0.15) is 24.6 Å². The van der Waals surface area contributed by atoms with Crippen LogP contribution in [0.5, 0.6) is 5.75 Å². The van der Waals surface area contributed by atoms with E-state index in [2.05, 4.69) is 25.4 Å². The summed E-state index contributed by atoms with van der Waals surface area (Å²) in [5.41, 5.74) is 2.11. The van der Waals surface area contributed by atoms with Crippen LogP contribution in [-0.2, 0) is 0 Å². The average Bonchev–Trinajstić information content (AvgIpc) is 3.01. The molecule has 20 heavy (non-hydrogen) atoms. The highest BCUT2D eigenvalue weighted by Crippen LogP contribution is 2.38. The number of hydrogen-bond acceptors (Lipinski definition) is 4. The summed E-state index contributed by atoms with van der Waals surface area (Å²) in [6.45, 7) is 0. The van der Waals surface area contributed by atoms with Crippen molar-refractivity contribution in [2.45, 2.75) is 18.8 Å². The molecule has 0 radical (unpaired) electrons. The first kappa shape index (κ1) is 11.2. The van der Waals surface area contributed by atoms with Crippen molar-refractivity contribution < 1.29 is 5.11 Å². The molecule has 2 heterocycles. The smallest absolute Gasteiger partial charge is 0.199 e. The van der Waals surface area contributed by atoms with Crippen molar-refractivity contribution in [2.24, 2.45) is 0 Å². The summed E-state index contributed by atoms with van der Waals surface area (Å²) < 4.78 is 0. The van der Waals surface area contributed by atoms with Crippen molar-refractivity contribution in [3.8, 4) is 28.5 Å². The number of aromatic amines is 2. The third kappa shape index (κ3) is 1.85. The number of aromatic nitrogens is 5. The first-order valence-corrected chi connectivity index (χ1v) is 6.58. The second kappa shape index (κ2) is 4.19. The van der Waals surface area contributed by atoms with E-state index in [0.717, 1.165) is 11.5 Å². The Labute approximate surface area is 114 Å². The number of para-hydroxylation sites is 1. The molecule has 0 aliphatic heterocycles. The summed E-state index contributed by atoms with van der Waals surface area (Å²) >= 11 is 0. The Bertz CT molecular complexity index is 756. The van der Waals surface area contributed by atoms with Gasteiger partial charge in [-0.1, -0.05) is 12.1 Å². The quantitative estimate of drug-likeness (QED) is 0.679. The Morgan fingerprint density at radius 2 is 1.95 bits per heavy atom. The third-order valence-corrected chi connectivity index (χ3v) is 3.47. The van der Waals surface area contributed by atoms with E-state index in [1.54, 1.807) is 12.1 Å². The van der Waals surface area contributed by atoms with Crippen LogP contribution in [0.15, 0.2) is 30.3 Å². The van der Waals surface area contributed by atoms with Gasteiger partial charge in [0.2, 0.25) is 0 Å². The average molecular weight is 267 g/mol. The fourth-order valence-electron chi connectivity index (χ4n) is 2.20. The zero-order chi connectivity index (χ0) is 13.5. The van der Waals surface area contributed by atoms with Gasteiger partial charge in [-0.3, -0.25) is 10.2 Å². The summed E-state index contributed by atoms with van der Waals surface area (Å²) in [7, 11) is 0. The van der Waals surface area contributed by atoms with Crippen LogP contribution in [0.3, 0.4) is 0 Å². The Morgan fingerprint density at radius 3 is 2.75 bits per heavy atom. The molecule has 4 rings (SSSR count). The maximum Gasteiger partial charge on any atom is 0.199 e. The van der Waals surface area contributed by atoms with E-state index >= 15 is 0 Å². The standard InChI is InChI=1S/C14H13N5O/c20-12-4-2-1-3-9(12)10-7-11(17-16-10)14-15-13(18-19-14)8-5-6-8/h1-4,7-8,20H,5-6H2,(H,16,17)(H,15,18,19). The van der Waals surface area contributed by atoms with Crippen molar-refractivity contribution in [1.82, 2.24) is 25.4 Å². The Morgan fingerprint density at radius 1 is 1.10 bits per heavy atom. The van der Waals surface area contributed by atoms with E-state index in [-0.39, 0.29) is 5.75 Å². The summed E-state index contributed by atoms with van der Waals surface area (Å²) in [6.07, 6.45) is 2.36. The molecule has 100 valence electrons. The van der Waals surface area contributed by atoms with E-state index in [4.69, 9.17) is 0 Å². The fourth-order valence-corrected chi connectivity index (χ4v) is 2.20. The van der Waals surface area contributed by atoms with Gasteiger partial charge in [-0.25, -0.2) is 4.98 Å². The summed E-state index contributed by atoms with van der Waals surface area (Å²) in [5, 5.41) is 24.1. The van der Waals surface area contributed by atoms with Crippen LogP contribution in [-0.4, -0.2) is 30.5 Å². The van der Waals surface area contributed by atoms with Gasteiger partial charge in [0.05, 0.1) is 5.69 Å². The molecule has 1 saturated carbocycles. The third-order valence-electron chi connectivity index (χ3n) is 3.47. The normalized spacial score (nSPS) is 14.6. The Kier molecular flexibility index (Phi) is 2.35. The topological polar surface area (TPSA) is 90.5 Å². The molecular formula is C14H13N5O. The maximum absolute atomic E-state index is 9.84. The Balaban J connectivity index is 1.68. The lowest BCUT2D eigenvalue weighted by Gasteiger charge is -1.98. The van der Waals surface area contributed by atoms with Crippen LogP contribution in [0, 0.1) is 0 Å². The predicted molar refractivity (Wildman–Crippen MR) is 73.0 cm³/mol. The maximum atomic E-state index is 9.84. The SMILES string of the molecule is Oc1ccccc1-c1cc(-c2n[nH]c(C3CC3)n2)[nH]n1. The van der Waals surface area contributed by atoms with Gasteiger partial charge in [0.15, 0.2) is 5.82 Å². The number of hydrogen-bond donors (Lipinski definition) is 3. The van der Waals surface area contributed by atoms with Gasteiger partial charge >= 0.3 is 0 Å². The van der Waals surface area contributed by atoms with Crippen LogP contribution < -0.4 is 0 Å². The molecule has 3 N–H and O–H groups in total. The van der Waals surface area contributed by atoms with Crippen molar-refractivity contribution in [2.75, 3.05) is 0 Å². The summed E-state index contributed by atoms with van der Waals surface area (Å²) in [6, 6.07) is 8.95. The van der Waals surface area contributed by atoms with Gasteiger partial charge < -0.3 is 5.11 Å². The van der Waals surface area contributed by atoms with Gasteiger partial charge in [0.1, 0.15) is 17.3 Å². The van der Waals surface area contributed by atoms with Gasteiger partial charge in [-0.2, -0.15) is 10.2 Å². The first-order valence-electron chi connectivity index (χ1n) is 6.58. The number of benzene rings is 1. The van der Waals surface area contributed by atoms with Crippen molar-refractivity contribution >= 4 is 0 Å². The lowest BCUT2D eigenvalue weighted by atomic mass is 10.1. The lowest BCUT2D eigenvalue weighted by molar-refractivity contribution is 0.477. The largest absolute Gasteiger partial charge is 0.507 e. The molecule has 6 nitrogen and oxygen atoms in total. The van der Waals surface area contributed by atoms with Crippen LogP contribution in [0.4, 0.5) is 0 Å². The molecule has 1 aliphatic carbocycles. The zero-order valence-corrected chi connectivity index (χ0v) is 10.7. The minimum absolute atomic E-state index is 0.208. The summed E-state index contributed by atoms with van der Waals surface area (Å²) in [5.74, 6) is 2.30. The number of H-pyrrole nitrogens is 2. The van der Waals surface area contributed by atoms with Crippen LogP contribution >= 0.6 is 0 Å². The van der Waals surface area contributed by atoms with E-state index < -0.39 is 0 Å². The van der Waals surface area contributed by atoms with E-state index in [9.17, 15) is 5.11 Å². The van der Waals surface area contributed by atoms with Gasteiger partial charge in [-0.05, 0) is 31.0 Å². The summed E-state index contributed by atoms with van der Waals surface area (Å²) in [4.78, 5) is 4.47. The monoisotopic (exact) mass is 267 g/mol. The number of nitrogens with zero attached hydrogens (tertiary/aromatic N) is 3. The van der Waals surface area contributed by atoms with Gasteiger partial charge in [0.25, 0.3) is 0 Å². The van der Waals surface area contributed by atoms with E-state index in [1.807, 2.05) is 18.2 Å². The van der Waals surface area contributed by atoms with Crippen LogP contribution in [0.2, 0.25) is 0 Å². The highest BCUT2D eigenvalue weighted by Gasteiger charge is 2.27. The van der Waals surface area contributed by atoms with Crippen LogP contribution in [0.25, 0.3) is 22.8 Å². The molecule has 0 atom stereocenters. The predicted octanol–water partition coefficient (Wildman–Crippen LogP) is 2.44.